The molecule has 6 heteroatoms. The van der Waals surface area contributed by atoms with Crippen LogP contribution in [0.4, 0.5) is 0 Å². The number of hydrogen-bond donors (Lipinski definition) is 1. The van der Waals surface area contributed by atoms with E-state index in [1.807, 2.05) is 27.7 Å². The highest BCUT2D eigenvalue weighted by molar-refractivity contribution is 5.99. The molecule has 1 aromatic rings. The fourth-order valence-electron chi connectivity index (χ4n) is 2.96. The van der Waals surface area contributed by atoms with Gasteiger partial charge in [-0.05, 0) is 18.8 Å². The van der Waals surface area contributed by atoms with Gasteiger partial charge in [0.05, 0.1) is 12.7 Å². The van der Waals surface area contributed by atoms with Crippen molar-refractivity contribution in [3.05, 3.63) is 18.0 Å². The second kappa shape index (κ2) is 5.87. The number of rotatable bonds is 5. The third-order valence-electron chi connectivity index (χ3n) is 4.29. The molecular formula is C15H23N3O3. The molecule has 1 unspecified atom stereocenters. The Morgan fingerprint density at radius 3 is 2.52 bits per heavy atom. The van der Waals surface area contributed by atoms with Crippen molar-refractivity contribution in [3.8, 4) is 0 Å². The first kappa shape index (κ1) is 15.5. The number of carbonyl (C=O) groups excluding carboxylic acids is 2. The van der Waals surface area contributed by atoms with Crippen molar-refractivity contribution in [2.45, 2.75) is 58.7 Å². The van der Waals surface area contributed by atoms with E-state index < -0.39 is 11.6 Å². The first-order valence-corrected chi connectivity index (χ1v) is 7.47. The molecule has 1 N–H and O–H groups in total. The SMILES string of the molecule is CCC1(CC)NC(=O)C(C(C)C)N(Cc2ccno2)C1=O. The van der Waals surface area contributed by atoms with Gasteiger partial charge in [0, 0.05) is 6.07 Å². The number of hydrogen-bond acceptors (Lipinski definition) is 4. The molecule has 2 amide bonds. The van der Waals surface area contributed by atoms with E-state index in [1.54, 1.807) is 17.2 Å². The minimum atomic E-state index is -0.803. The van der Waals surface area contributed by atoms with E-state index in [4.69, 9.17) is 4.52 Å². The van der Waals surface area contributed by atoms with Gasteiger partial charge < -0.3 is 14.7 Å². The second-order valence-electron chi connectivity index (χ2n) is 5.88. The van der Waals surface area contributed by atoms with Crippen molar-refractivity contribution in [1.82, 2.24) is 15.4 Å². The molecular weight excluding hydrogens is 270 g/mol. The molecule has 0 radical (unpaired) electrons. The summed E-state index contributed by atoms with van der Waals surface area (Å²) in [4.78, 5) is 27.1. The van der Waals surface area contributed by atoms with Crippen molar-refractivity contribution < 1.29 is 14.1 Å². The number of piperazine rings is 1. The Labute approximate surface area is 124 Å². The summed E-state index contributed by atoms with van der Waals surface area (Å²) in [6.45, 7) is 8.00. The Bertz CT molecular complexity index is 506. The van der Waals surface area contributed by atoms with Gasteiger partial charge in [0.15, 0.2) is 5.76 Å². The molecule has 1 aromatic heterocycles. The minimum absolute atomic E-state index is 0.0311. The molecule has 1 aliphatic rings. The lowest BCUT2D eigenvalue weighted by atomic mass is 9.85. The molecule has 1 aliphatic heterocycles. The Balaban J connectivity index is 2.37. The number of nitrogens with one attached hydrogen (secondary N) is 1. The van der Waals surface area contributed by atoms with Crippen LogP contribution in [0, 0.1) is 5.92 Å². The molecule has 6 nitrogen and oxygen atoms in total. The zero-order valence-electron chi connectivity index (χ0n) is 13.0. The predicted octanol–water partition coefficient (Wildman–Crippen LogP) is 1.72. The van der Waals surface area contributed by atoms with E-state index in [-0.39, 0.29) is 24.3 Å². The summed E-state index contributed by atoms with van der Waals surface area (Å²) in [5, 5.41) is 6.61. The average Bonchev–Trinajstić information content (AvgIpc) is 2.95. The standard InChI is InChI=1S/C15H23N3O3/c1-5-15(6-2)14(20)18(9-11-7-8-16-21-11)12(10(3)4)13(19)17-15/h7-8,10,12H,5-6,9H2,1-4H3,(H,17,19). The first-order valence-electron chi connectivity index (χ1n) is 7.47. The smallest absolute Gasteiger partial charge is 0.249 e. The summed E-state index contributed by atoms with van der Waals surface area (Å²) in [6.07, 6.45) is 2.69. The van der Waals surface area contributed by atoms with Gasteiger partial charge in [-0.2, -0.15) is 0 Å². The topological polar surface area (TPSA) is 75.4 Å². The minimum Gasteiger partial charge on any atom is -0.360 e. The highest BCUT2D eigenvalue weighted by atomic mass is 16.5. The Hall–Kier alpha value is -1.85. The summed E-state index contributed by atoms with van der Waals surface area (Å²) in [7, 11) is 0. The number of nitrogens with zero attached hydrogens (tertiary/aromatic N) is 2. The van der Waals surface area contributed by atoms with Crippen molar-refractivity contribution >= 4 is 11.8 Å². The monoisotopic (exact) mass is 293 g/mol. The van der Waals surface area contributed by atoms with Crippen LogP contribution >= 0.6 is 0 Å². The van der Waals surface area contributed by atoms with Crippen molar-refractivity contribution in [3.63, 3.8) is 0 Å². The molecule has 0 aliphatic carbocycles. The number of carbonyl (C=O) groups is 2. The summed E-state index contributed by atoms with van der Waals surface area (Å²) < 4.78 is 5.11. The van der Waals surface area contributed by atoms with Crippen LogP contribution in [0.25, 0.3) is 0 Å². The zero-order chi connectivity index (χ0) is 15.6. The zero-order valence-corrected chi connectivity index (χ0v) is 13.0. The summed E-state index contributed by atoms with van der Waals surface area (Å²) in [5.74, 6) is 0.489. The maximum atomic E-state index is 12.9. The Morgan fingerprint density at radius 2 is 2.05 bits per heavy atom. The van der Waals surface area contributed by atoms with Gasteiger partial charge in [0.1, 0.15) is 11.6 Å². The Morgan fingerprint density at radius 1 is 1.38 bits per heavy atom. The van der Waals surface area contributed by atoms with Gasteiger partial charge in [0.2, 0.25) is 11.8 Å². The molecule has 0 bridgehead atoms. The van der Waals surface area contributed by atoms with Crippen LogP contribution in [-0.4, -0.2) is 33.5 Å². The maximum Gasteiger partial charge on any atom is 0.249 e. The van der Waals surface area contributed by atoms with Crippen LogP contribution in [0.3, 0.4) is 0 Å². The van der Waals surface area contributed by atoms with E-state index in [9.17, 15) is 9.59 Å². The fraction of sp³-hybridized carbons (Fsp3) is 0.667. The second-order valence-corrected chi connectivity index (χ2v) is 5.88. The van der Waals surface area contributed by atoms with Crippen molar-refractivity contribution in [2.24, 2.45) is 5.92 Å². The highest BCUT2D eigenvalue weighted by Gasteiger charge is 2.49. The normalized spacial score (nSPS) is 21.8. The van der Waals surface area contributed by atoms with Gasteiger partial charge >= 0.3 is 0 Å². The predicted molar refractivity (Wildman–Crippen MR) is 77.1 cm³/mol. The van der Waals surface area contributed by atoms with Crippen LogP contribution in [0.2, 0.25) is 0 Å². The van der Waals surface area contributed by atoms with E-state index in [2.05, 4.69) is 10.5 Å². The van der Waals surface area contributed by atoms with Crippen LogP contribution in [0.1, 0.15) is 46.3 Å². The molecule has 2 rings (SSSR count). The lowest BCUT2D eigenvalue weighted by Crippen LogP contribution is -2.70. The van der Waals surface area contributed by atoms with Gasteiger partial charge in [0.25, 0.3) is 0 Å². The lowest BCUT2D eigenvalue weighted by Gasteiger charge is -2.46. The summed E-state index contributed by atoms with van der Waals surface area (Å²) in [6, 6.07) is 1.24. The van der Waals surface area contributed by atoms with Crippen LogP contribution in [0.5, 0.6) is 0 Å². The molecule has 1 saturated heterocycles. The average molecular weight is 293 g/mol. The quantitative estimate of drug-likeness (QED) is 0.897. The van der Waals surface area contributed by atoms with E-state index in [0.29, 0.717) is 18.6 Å². The molecule has 21 heavy (non-hydrogen) atoms. The number of aromatic nitrogens is 1. The molecule has 1 fully saturated rings. The third kappa shape index (κ3) is 2.66. The third-order valence-corrected chi connectivity index (χ3v) is 4.29. The molecule has 1 atom stereocenters. The first-order chi connectivity index (χ1) is 9.95. The molecule has 0 aromatic carbocycles. The van der Waals surface area contributed by atoms with E-state index in [0.717, 1.165) is 0 Å². The van der Waals surface area contributed by atoms with E-state index in [1.165, 1.54) is 0 Å². The van der Waals surface area contributed by atoms with Crippen LogP contribution < -0.4 is 5.32 Å². The fourth-order valence-corrected chi connectivity index (χ4v) is 2.96. The van der Waals surface area contributed by atoms with Crippen LogP contribution in [0.15, 0.2) is 16.8 Å². The van der Waals surface area contributed by atoms with Crippen LogP contribution in [-0.2, 0) is 16.1 Å². The molecule has 2 heterocycles. The maximum absolute atomic E-state index is 12.9. The summed E-state index contributed by atoms with van der Waals surface area (Å²) >= 11 is 0. The molecule has 0 saturated carbocycles. The molecule has 116 valence electrons. The molecule has 0 spiro atoms. The van der Waals surface area contributed by atoms with Gasteiger partial charge in [-0.25, -0.2) is 0 Å². The van der Waals surface area contributed by atoms with Gasteiger partial charge in [-0.15, -0.1) is 0 Å². The van der Waals surface area contributed by atoms with Gasteiger partial charge in [-0.3, -0.25) is 9.59 Å². The van der Waals surface area contributed by atoms with Crippen molar-refractivity contribution in [2.75, 3.05) is 0 Å². The number of amides is 2. The van der Waals surface area contributed by atoms with Gasteiger partial charge in [-0.1, -0.05) is 32.9 Å². The highest BCUT2D eigenvalue weighted by Crippen LogP contribution is 2.29. The summed E-state index contributed by atoms with van der Waals surface area (Å²) in [5.41, 5.74) is -0.803. The largest absolute Gasteiger partial charge is 0.360 e. The Kier molecular flexibility index (Phi) is 4.34. The van der Waals surface area contributed by atoms with Crippen molar-refractivity contribution in [1.29, 1.82) is 0 Å². The lowest BCUT2D eigenvalue weighted by molar-refractivity contribution is -0.158. The van der Waals surface area contributed by atoms with E-state index >= 15 is 0 Å².